The molecule has 3 atom stereocenters. The number of rotatable bonds is 9. The molecule has 1 aliphatic heterocycles. The van der Waals surface area contributed by atoms with Crippen LogP contribution in [0.5, 0.6) is 0 Å². The zero-order valence-electron chi connectivity index (χ0n) is 21.5. The van der Waals surface area contributed by atoms with E-state index in [9.17, 15) is 18.0 Å². The Labute approximate surface area is 215 Å². The van der Waals surface area contributed by atoms with E-state index in [1.165, 1.54) is 0 Å². The van der Waals surface area contributed by atoms with Crippen molar-refractivity contribution in [1.82, 2.24) is 20.2 Å². The maximum Gasteiger partial charge on any atom is 0.421 e. The van der Waals surface area contributed by atoms with Crippen LogP contribution in [0.15, 0.2) is 30.5 Å². The molecule has 11 heteroatoms. The molecule has 0 unspecified atom stereocenters. The van der Waals surface area contributed by atoms with E-state index in [1.807, 2.05) is 38.1 Å². The smallest absolute Gasteiger partial charge is 0.381 e. The summed E-state index contributed by atoms with van der Waals surface area (Å²) in [4.78, 5) is 23.1. The van der Waals surface area contributed by atoms with Crippen LogP contribution >= 0.6 is 0 Å². The van der Waals surface area contributed by atoms with Crippen LogP contribution in [0.2, 0.25) is 0 Å². The van der Waals surface area contributed by atoms with Crippen LogP contribution in [-0.2, 0) is 11.0 Å². The third-order valence-electron chi connectivity index (χ3n) is 6.93. The molecule has 2 heterocycles. The number of amides is 1. The zero-order valence-corrected chi connectivity index (χ0v) is 21.5. The van der Waals surface area contributed by atoms with Gasteiger partial charge in [0.1, 0.15) is 11.4 Å². The molecule has 1 aromatic carbocycles. The Morgan fingerprint density at radius 2 is 1.84 bits per heavy atom. The van der Waals surface area contributed by atoms with E-state index >= 15 is 0 Å². The second-order valence-corrected chi connectivity index (χ2v) is 10.1. The van der Waals surface area contributed by atoms with Gasteiger partial charge in [-0.1, -0.05) is 13.3 Å². The lowest BCUT2D eigenvalue weighted by Gasteiger charge is -2.24. The Kier molecular flexibility index (Phi) is 8.41. The monoisotopic (exact) mass is 519 g/mol. The van der Waals surface area contributed by atoms with Crippen molar-refractivity contribution in [1.29, 1.82) is 0 Å². The number of aromatic nitrogens is 2. The lowest BCUT2D eigenvalue weighted by molar-refractivity contribution is -0.137. The Morgan fingerprint density at radius 3 is 2.49 bits per heavy atom. The van der Waals surface area contributed by atoms with Crippen molar-refractivity contribution in [2.45, 2.75) is 70.8 Å². The third kappa shape index (κ3) is 7.03. The summed E-state index contributed by atoms with van der Waals surface area (Å²) in [6, 6.07) is 7.45. The number of hydrogen-bond donors (Lipinski definition) is 4. The van der Waals surface area contributed by atoms with Gasteiger partial charge in [-0.3, -0.25) is 4.79 Å². The highest BCUT2D eigenvalue weighted by Gasteiger charge is 2.39. The fourth-order valence-corrected chi connectivity index (χ4v) is 5.03. The van der Waals surface area contributed by atoms with E-state index in [-0.39, 0.29) is 23.7 Å². The van der Waals surface area contributed by atoms with Crippen LogP contribution in [0, 0.1) is 5.92 Å². The van der Waals surface area contributed by atoms with Crippen LogP contribution < -0.4 is 21.3 Å². The minimum atomic E-state index is -4.63. The van der Waals surface area contributed by atoms with Gasteiger partial charge >= 0.3 is 6.18 Å². The number of nitrogens with zero attached hydrogens (tertiary/aromatic N) is 3. The normalized spacial score (nSPS) is 22.3. The summed E-state index contributed by atoms with van der Waals surface area (Å²) >= 11 is 0. The lowest BCUT2D eigenvalue weighted by Crippen LogP contribution is -2.41. The molecule has 4 rings (SSSR count). The van der Waals surface area contributed by atoms with Gasteiger partial charge in [-0.05, 0) is 63.9 Å². The molecule has 0 spiro atoms. The van der Waals surface area contributed by atoms with E-state index in [4.69, 9.17) is 0 Å². The fourth-order valence-electron chi connectivity index (χ4n) is 5.03. The van der Waals surface area contributed by atoms with Crippen molar-refractivity contribution >= 4 is 29.0 Å². The molecule has 2 aliphatic rings. The molecule has 1 aliphatic carbocycles. The molecule has 1 amide bonds. The quantitative estimate of drug-likeness (QED) is 0.376. The molecule has 2 aromatic rings. The summed E-state index contributed by atoms with van der Waals surface area (Å²) < 4.78 is 41.2. The number of anilines is 4. The van der Waals surface area contributed by atoms with Gasteiger partial charge in [0.2, 0.25) is 11.9 Å². The molecular formula is C26H36F3N7O. The maximum absolute atomic E-state index is 13.7. The first-order valence-corrected chi connectivity index (χ1v) is 13.0. The number of likely N-dealkylation sites (tertiary alicyclic amines) is 1. The number of hydrogen-bond acceptors (Lipinski definition) is 7. The summed E-state index contributed by atoms with van der Waals surface area (Å²) in [6.45, 7) is 9.00. The largest absolute Gasteiger partial charge is 0.421 e. The summed E-state index contributed by atoms with van der Waals surface area (Å²) in [7, 11) is 0. The topological polar surface area (TPSA) is 94.2 Å². The molecule has 0 radical (unpaired) electrons. The number of likely N-dealkylation sites (N-methyl/N-ethyl adjacent to an activating group) is 1. The van der Waals surface area contributed by atoms with E-state index < -0.39 is 23.7 Å². The first kappa shape index (κ1) is 27.0. The first-order valence-electron chi connectivity index (χ1n) is 13.0. The average Bonchev–Trinajstić information content (AvgIpc) is 3.49. The highest BCUT2D eigenvalue weighted by Crippen LogP contribution is 2.37. The fraction of sp³-hybridized carbons (Fsp3) is 0.577. The van der Waals surface area contributed by atoms with Crippen molar-refractivity contribution in [2.75, 3.05) is 35.6 Å². The first-order chi connectivity index (χ1) is 17.6. The van der Waals surface area contributed by atoms with Gasteiger partial charge in [0.15, 0.2) is 0 Å². The summed E-state index contributed by atoms with van der Waals surface area (Å²) in [5, 5.41) is 12.3. The number of benzene rings is 1. The van der Waals surface area contributed by atoms with Gasteiger partial charge in [-0.2, -0.15) is 18.2 Å². The predicted molar refractivity (Wildman–Crippen MR) is 139 cm³/mol. The molecule has 202 valence electrons. The molecule has 1 aromatic heterocycles. The van der Waals surface area contributed by atoms with E-state index in [0.717, 1.165) is 44.4 Å². The van der Waals surface area contributed by atoms with Crippen molar-refractivity contribution in [3.63, 3.8) is 0 Å². The Hall–Kier alpha value is -3.08. The summed E-state index contributed by atoms with van der Waals surface area (Å²) in [6.07, 6.45) is -0.800. The van der Waals surface area contributed by atoms with Crippen LogP contribution in [0.3, 0.4) is 0 Å². The van der Waals surface area contributed by atoms with Gasteiger partial charge in [0.25, 0.3) is 0 Å². The second kappa shape index (κ2) is 11.5. The minimum absolute atomic E-state index is 0.0415. The molecule has 1 saturated carbocycles. The van der Waals surface area contributed by atoms with Crippen LogP contribution in [0.25, 0.3) is 0 Å². The molecule has 37 heavy (non-hydrogen) atoms. The molecule has 4 N–H and O–H groups in total. The number of alkyl halides is 3. The van der Waals surface area contributed by atoms with Crippen molar-refractivity contribution in [2.24, 2.45) is 5.92 Å². The lowest BCUT2D eigenvalue weighted by atomic mass is 10.0. The highest BCUT2D eigenvalue weighted by atomic mass is 19.4. The molecule has 8 nitrogen and oxygen atoms in total. The highest BCUT2D eigenvalue weighted by molar-refractivity contribution is 5.80. The Balaban J connectivity index is 1.46. The van der Waals surface area contributed by atoms with Gasteiger partial charge in [-0.25, -0.2) is 4.98 Å². The second-order valence-electron chi connectivity index (χ2n) is 10.1. The molecular weight excluding hydrogens is 483 g/mol. The van der Waals surface area contributed by atoms with Crippen molar-refractivity contribution in [3.8, 4) is 0 Å². The third-order valence-corrected chi connectivity index (χ3v) is 6.93. The van der Waals surface area contributed by atoms with Gasteiger partial charge in [0, 0.05) is 48.8 Å². The van der Waals surface area contributed by atoms with Crippen molar-refractivity contribution in [3.05, 3.63) is 36.0 Å². The minimum Gasteiger partial charge on any atom is -0.381 e. The predicted octanol–water partition coefficient (Wildman–Crippen LogP) is 4.85. The SMILES string of the molecule is CCN1CC[C@@H](Nc2ccc(Nc3ncc(C(F)(F)F)c(N[C@@H]4CCC[C@@H]4C(=O)NC(C)C)n3)cc2)C1. The molecule has 1 saturated heterocycles. The van der Waals surface area contributed by atoms with Crippen LogP contribution in [0.1, 0.15) is 52.0 Å². The zero-order chi connectivity index (χ0) is 26.6. The van der Waals surface area contributed by atoms with Crippen molar-refractivity contribution < 1.29 is 18.0 Å². The van der Waals surface area contributed by atoms with E-state index in [0.29, 0.717) is 24.6 Å². The number of nitrogens with one attached hydrogen (secondary N) is 4. The Bertz CT molecular complexity index is 1060. The van der Waals surface area contributed by atoms with Crippen LogP contribution in [0.4, 0.5) is 36.3 Å². The summed E-state index contributed by atoms with van der Waals surface area (Å²) in [5.41, 5.74) is 0.689. The molecule has 2 fully saturated rings. The van der Waals surface area contributed by atoms with Gasteiger partial charge < -0.3 is 26.2 Å². The maximum atomic E-state index is 13.7. The van der Waals surface area contributed by atoms with E-state index in [1.54, 1.807) is 0 Å². The van der Waals surface area contributed by atoms with Gasteiger partial charge in [-0.15, -0.1) is 0 Å². The number of carbonyl (C=O) groups excluding carboxylic acids is 1. The average molecular weight is 520 g/mol. The van der Waals surface area contributed by atoms with Crippen LogP contribution in [-0.4, -0.2) is 58.5 Å². The molecule has 0 bridgehead atoms. The van der Waals surface area contributed by atoms with E-state index in [2.05, 4.69) is 43.1 Å². The Morgan fingerprint density at radius 1 is 1.11 bits per heavy atom. The van der Waals surface area contributed by atoms with Gasteiger partial charge in [0.05, 0.1) is 5.92 Å². The number of halogens is 3. The summed E-state index contributed by atoms with van der Waals surface area (Å²) in [5.74, 6) is -0.843. The standard InChI is InChI=1S/C26H36F3N7O/c1-4-36-13-12-19(15-36)32-17-8-10-18(11-9-17)33-25-30-14-21(26(27,28)29)23(35-25)34-22-7-5-6-20(22)24(37)31-16(2)3/h8-11,14,16,19-20,22,32H,4-7,12-13,15H2,1-3H3,(H,31,37)(H2,30,33,34,35)/t19-,20+,22-/m1/s1. The number of carbonyl (C=O) groups is 1.